The van der Waals surface area contributed by atoms with E-state index in [1.165, 1.54) is 0 Å². The number of hydrogen-bond acceptors (Lipinski definition) is 2. The van der Waals surface area contributed by atoms with E-state index in [2.05, 4.69) is 6.08 Å². The van der Waals surface area contributed by atoms with Gasteiger partial charge in [0.15, 0.2) is 0 Å². The van der Waals surface area contributed by atoms with E-state index in [0.29, 0.717) is 0 Å². The number of hydrogen-bond donors (Lipinski definition) is 0. The van der Waals surface area contributed by atoms with Gasteiger partial charge >= 0.3 is 0 Å². The largest absolute Gasteiger partial charge is 0.363 e. The van der Waals surface area contributed by atoms with Crippen molar-refractivity contribution in [3.8, 4) is 0 Å². The van der Waals surface area contributed by atoms with E-state index in [1.54, 1.807) is 6.92 Å². The first kappa shape index (κ1) is 7.04. The molecule has 0 spiro atoms. The van der Waals surface area contributed by atoms with Crippen LogP contribution in [-0.4, -0.2) is 17.5 Å². The van der Waals surface area contributed by atoms with Crippen LogP contribution in [0.4, 0.5) is 0 Å². The van der Waals surface area contributed by atoms with Gasteiger partial charge in [0.25, 0.3) is 0 Å². The lowest BCUT2D eigenvalue weighted by Gasteiger charge is -2.23. The lowest BCUT2D eigenvalue weighted by molar-refractivity contribution is -0.123. The molecule has 1 fully saturated rings. The van der Waals surface area contributed by atoms with Gasteiger partial charge in [0.2, 0.25) is 0 Å². The fraction of sp³-hybridized carbons (Fsp3) is 0.667. The van der Waals surface area contributed by atoms with E-state index in [4.69, 9.17) is 4.74 Å². The zero-order chi connectivity index (χ0) is 8.06. The standard InChI is InChI=1S/C9H12O2/c1-6(10)8-5-7-3-4-9(8,2)11-7/h3-4,7-8H,5H2,1-2H3/t7-,8-,9+/m0/s1. The topological polar surface area (TPSA) is 26.3 Å². The molecule has 2 rings (SSSR count). The van der Waals surface area contributed by atoms with Crippen LogP contribution < -0.4 is 0 Å². The zero-order valence-electron chi connectivity index (χ0n) is 6.83. The molecule has 0 amide bonds. The van der Waals surface area contributed by atoms with Crippen molar-refractivity contribution in [3.63, 3.8) is 0 Å². The van der Waals surface area contributed by atoms with Crippen molar-refractivity contribution in [1.82, 2.24) is 0 Å². The Bertz CT molecular complexity index is 232. The normalized spacial score (nSPS) is 46.7. The smallest absolute Gasteiger partial charge is 0.136 e. The van der Waals surface area contributed by atoms with E-state index in [-0.39, 0.29) is 23.4 Å². The lowest BCUT2D eigenvalue weighted by atomic mass is 9.82. The number of ether oxygens (including phenoxy) is 1. The molecule has 0 unspecified atom stereocenters. The van der Waals surface area contributed by atoms with Crippen molar-refractivity contribution < 1.29 is 9.53 Å². The number of carbonyl (C=O) groups is 1. The van der Waals surface area contributed by atoms with Gasteiger partial charge in [-0.25, -0.2) is 0 Å². The minimum atomic E-state index is -0.281. The first-order valence-electron chi connectivity index (χ1n) is 3.99. The van der Waals surface area contributed by atoms with Crippen LogP contribution in [0.1, 0.15) is 20.3 Å². The Labute approximate surface area is 66.2 Å². The van der Waals surface area contributed by atoms with Gasteiger partial charge < -0.3 is 4.74 Å². The number of Topliss-reactive ketones (excluding diaryl/α,β-unsaturated/α-hetero) is 1. The highest BCUT2D eigenvalue weighted by atomic mass is 16.5. The summed E-state index contributed by atoms with van der Waals surface area (Å²) in [7, 11) is 0. The Morgan fingerprint density at radius 1 is 1.73 bits per heavy atom. The average Bonchev–Trinajstić information content (AvgIpc) is 2.41. The third-order valence-electron chi connectivity index (χ3n) is 2.70. The highest BCUT2D eigenvalue weighted by Gasteiger charge is 2.48. The van der Waals surface area contributed by atoms with Crippen molar-refractivity contribution in [2.45, 2.75) is 32.0 Å². The molecular weight excluding hydrogens is 140 g/mol. The van der Waals surface area contributed by atoms with Crippen LogP contribution in [0.2, 0.25) is 0 Å². The molecule has 3 atom stereocenters. The minimum Gasteiger partial charge on any atom is -0.363 e. The lowest BCUT2D eigenvalue weighted by Crippen LogP contribution is -2.32. The summed E-state index contributed by atoms with van der Waals surface area (Å²) >= 11 is 0. The van der Waals surface area contributed by atoms with Crippen LogP contribution in [0, 0.1) is 5.92 Å². The summed E-state index contributed by atoms with van der Waals surface area (Å²) in [5.41, 5.74) is -0.281. The second-order valence-corrected chi connectivity index (χ2v) is 3.60. The first-order valence-corrected chi connectivity index (χ1v) is 3.99. The van der Waals surface area contributed by atoms with Crippen molar-refractivity contribution in [1.29, 1.82) is 0 Å². The molecule has 2 aliphatic rings. The molecule has 0 N–H and O–H groups in total. The van der Waals surface area contributed by atoms with Crippen molar-refractivity contribution in [3.05, 3.63) is 12.2 Å². The second-order valence-electron chi connectivity index (χ2n) is 3.60. The van der Waals surface area contributed by atoms with Crippen molar-refractivity contribution in [2.24, 2.45) is 5.92 Å². The highest BCUT2D eigenvalue weighted by Crippen LogP contribution is 2.42. The quantitative estimate of drug-likeness (QED) is 0.529. The molecule has 0 saturated carbocycles. The molecule has 0 aromatic rings. The predicted molar refractivity (Wildman–Crippen MR) is 41.2 cm³/mol. The second kappa shape index (κ2) is 1.95. The zero-order valence-corrected chi connectivity index (χ0v) is 6.83. The van der Waals surface area contributed by atoms with Crippen molar-refractivity contribution >= 4 is 5.78 Å². The van der Waals surface area contributed by atoms with E-state index in [1.807, 2.05) is 13.0 Å². The Morgan fingerprint density at radius 2 is 2.45 bits per heavy atom. The molecule has 0 radical (unpaired) electrons. The van der Waals surface area contributed by atoms with Gasteiger partial charge in [-0.15, -0.1) is 0 Å². The maximum absolute atomic E-state index is 11.1. The fourth-order valence-corrected chi connectivity index (χ4v) is 2.06. The molecule has 2 bridgehead atoms. The summed E-state index contributed by atoms with van der Waals surface area (Å²) in [6.07, 6.45) is 5.16. The number of carbonyl (C=O) groups excluding carboxylic acids is 1. The summed E-state index contributed by atoms with van der Waals surface area (Å²) in [4.78, 5) is 11.1. The van der Waals surface area contributed by atoms with Gasteiger partial charge in [0, 0.05) is 0 Å². The Kier molecular flexibility index (Phi) is 1.25. The van der Waals surface area contributed by atoms with Gasteiger partial charge in [-0.05, 0) is 20.3 Å². The van der Waals surface area contributed by atoms with E-state index in [9.17, 15) is 4.79 Å². The van der Waals surface area contributed by atoms with Gasteiger partial charge in [0.05, 0.1) is 17.6 Å². The molecule has 2 heteroatoms. The molecule has 0 aromatic heterocycles. The maximum Gasteiger partial charge on any atom is 0.136 e. The van der Waals surface area contributed by atoms with E-state index < -0.39 is 0 Å². The van der Waals surface area contributed by atoms with Crippen LogP contribution in [0.3, 0.4) is 0 Å². The molecule has 2 nitrogen and oxygen atoms in total. The van der Waals surface area contributed by atoms with Crippen LogP contribution in [0.25, 0.3) is 0 Å². The predicted octanol–water partition coefficient (Wildman–Crippen LogP) is 1.31. The monoisotopic (exact) mass is 152 g/mol. The summed E-state index contributed by atoms with van der Waals surface area (Å²) in [6, 6.07) is 0. The summed E-state index contributed by atoms with van der Waals surface area (Å²) in [5.74, 6) is 0.344. The third-order valence-corrected chi connectivity index (χ3v) is 2.70. The highest BCUT2D eigenvalue weighted by molar-refractivity contribution is 5.80. The van der Waals surface area contributed by atoms with Crippen LogP contribution in [-0.2, 0) is 9.53 Å². The van der Waals surface area contributed by atoms with E-state index >= 15 is 0 Å². The van der Waals surface area contributed by atoms with Gasteiger partial charge in [-0.2, -0.15) is 0 Å². The minimum absolute atomic E-state index is 0.0949. The van der Waals surface area contributed by atoms with Crippen LogP contribution >= 0.6 is 0 Å². The number of fused-ring (bicyclic) bond motifs is 2. The number of ketones is 1. The third kappa shape index (κ3) is 0.857. The van der Waals surface area contributed by atoms with Gasteiger partial charge in [-0.3, -0.25) is 4.79 Å². The molecule has 2 heterocycles. The molecule has 11 heavy (non-hydrogen) atoms. The maximum atomic E-state index is 11.1. The molecule has 0 aliphatic carbocycles. The molecule has 60 valence electrons. The van der Waals surface area contributed by atoms with Crippen LogP contribution in [0.5, 0.6) is 0 Å². The molecule has 2 aliphatic heterocycles. The number of rotatable bonds is 1. The Morgan fingerprint density at radius 3 is 2.73 bits per heavy atom. The average molecular weight is 152 g/mol. The first-order chi connectivity index (χ1) is 5.12. The van der Waals surface area contributed by atoms with Crippen molar-refractivity contribution in [2.75, 3.05) is 0 Å². The van der Waals surface area contributed by atoms with E-state index in [0.717, 1.165) is 6.42 Å². The fourth-order valence-electron chi connectivity index (χ4n) is 2.06. The van der Waals surface area contributed by atoms with Crippen LogP contribution in [0.15, 0.2) is 12.2 Å². The Balaban J connectivity index is 2.29. The summed E-state index contributed by atoms with van der Waals surface area (Å²) in [5, 5.41) is 0. The summed E-state index contributed by atoms with van der Waals surface area (Å²) in [6.45, 7) is 3.64. The molecule has 1 saturated heterocycles. The van der Waals surface area contributed by atoms with Gasteiger partial charge in [0.1, 0.15) is 5.78 Å². The summed E-state index contributed by atoms with van der Waals surface area (Å²) < 4.78 is 5.60. The SMILES string of the molecule is CC(=O)[C@@H]1C[C@@H]2C=C[C@@]1(C)O2. The molecular formula is C9H12O2. The Hall–Kier alpha value is -0.630. The van der Waals surface area contributed by atoms with Gasteiger partial charge in [-0.1, -0.05) is 12.2 Å². The molecule has 0 aromatic carbocycles.